The zero-order valence-electron chi connectivity index (χ0n) is 11.9. The Balaban J connectivity index is 2.19. The van der Waals surface area contributed by atoms with Gasteiger partial charge < -0.3 is 10.4 Å². The van der Waals surface area contributed by atoms with Crippen LogP contribution >= 0.6 is 0 Å². The van der Waals surface area contributed by atoms with E-state index in [0.717, 1.165) is 0 Å². The number of nitrogens with zero attached hydrogens (tertiary/aromatic N) is 2. The first kappa shape index (κ1) is 14.9. The Morgan fingerprint density at radius 3 is 2.52 bits per heavy atom. The van der Waals surface area contributed by atoms with Gasteiger partial charge in [-0.1, -0.05) is 26.0 Å². The molecule has 0 aliphatic heterocycles. The van der Waals surface area contributed by atoms with Crippen LogP contribution in [0.4, 0.5) is 0 Å². The topological polar surface area (TPSA) is 92.2 Å². The number of nitrogens with one attached hydrogen (secondary N) is 1. The number of carbonyl (C=O) groups is 2. The quantitative estimate of drug-likeness (QED) is 0.875. The second-order valence-electron chi connectivity index (χ2n) is 5.24. The largest absolute Gasteiger partial charge is 0.480 e. The Morgan fingerprint density at radius 1 is 1.24 bits per heavy atom. The molecule has 1 aromatic heterocycles. The molecule has 1 aromatic carbocycles. The van der Waals surface area contributed by atoms with E-state index >= 15 is 0 Å². The van der Waals surface area contributed by atoms with Crippen LogP contribution in [0.25, 0.3) is 11.0 Å². The van der Waals surface area contributed by atoms with Crippen LogP contribution in [0.15, 0.2) is 30.5 Å². The van der Waals surface area contributed by atoms with Gasteiger partial charge in [-0.2, -0.15) is 0 Å². The van der Waals surface area contributed by atoms with Gasteiger partial charge in [0.2, 0.25) is 0 Å². The van der Waals surface area contributed by atoms with Gasteiger partial charge in [0.1, 0.15) is 11.7 Å². The van der Waals surface area contributed by atoms with Gasteiger partial charge in [0.15, 0.2) is 0 Å². The van der Waals surface area contributed by atoms with Crippen molar-refractivity contribution in [1.82, 2.24) is 15.3 Å². The SMILES string of the molecule is CC(C)C[C@H](NC(=O)c1cnc2ccccc2n1)C(=O)O. The minimum absolute atomic E-state index is 0.115. The molecule has 0 fully saturated rings. The lowest BCUT2D eigenvalue weighted by Gasteiger charge is -2.16. The van der Waals surface area contributed by atoms with Crippen LogP contribution in [-0.2, 0) is 4.79 Å². The van der Waals surface area contributed by atoms with E-state index < -0.39 is 17.9 Å². The van der Waals surface area contributed by atoms with Gasteiger partial charge in [-0.05, 0) is 24.5 Å². The van der Waals surface area contributed by atoms with E-state index in [1.807, 2.05) is 19.9 Å². The second kappa shape index (κ2) is 6.30. The molecule has 1 atom stereocenters. The highest BCUT2D eigenvalue weighted by Gasteiger charge is 2.22. The molecule has 6 heteroatoms. The molecule has 0 unspecified atom stereocenters. The van der Waals surface area contributed by atoms with Crippen molar-refractivity contribution in [2.24, 2.45) is 5.92 Å². The smallest absolute Gasteiger partial charge is 0.326 e. The van der Waals surface area contributed by atoms with Crippen molar-refractivity contribution in [2.45, 2.75) is 26.3 Å². The van der Waals surface area contributed by atoms with Gasteiger partial charge in [-0.15, -0.1) is 0 Å². The number of aromatic nitrogens is 2. The van der Waals surface area contributed by atoms with Gasteiger partial charge in [-0.3, -0.25) is 9.78 Å². The van der Waals surface area contributed by atoms with Crippen molar-refractivity contribution < 1.29 is 14.7 Å². The summed E-state index contributed by atoms with van der Waals surface area (Å²) in [5.74, 6) is -1.42. The molecule has 2 rings (SSSR count). The lowest BCUT2D eigenvalue weighted by molar-refractivity contribution is -0.139. The Labute approximate surface area is 122 Å². The molecule has 2 N–H and O–H groups in total. The Morgan fingerprint density at radius 2 is 1.90 bits per heavy atom. The van der Waals surface area contributed by atoms with Crippen LogP contribution in [0.5, 0.6) is 0 Å². The number of aliphatic carboxylic acids is 1. The summed E-state index contributed by atoms with van der Waals surface area (Å²) in [5.41, 5.74) is 1.40. The molecule has 0 radical (unpaired) electrons. The summed E-state index contributed by atoms with van der Waals surface area (Å²) in [4.78, 5) is 31.6. The van der Waals surface area contributed by atoms with Crippen LogP contribution in [-0.4, -0.2) is 33.0 Å². The van der Waals surface area contributed by atoms with Gasteiger partial charge in [0, 0.05) is 0 Å². The van der Waals surface area contributed by atoms with Crippen LogP contribution in [0.3, 0.4) is 0 Å². The molecular weight excluding hydrogens is 270 g/mol. The van der Waals surface area contributed by atoms with Crippen molar-refractivity contribution in [2.75, 3.05) is 0 Å². The number of hydrogen-bond donors (Lipinski definition) is 2. The van der Waals surface area contributed by atoms with E-state index in [4.69, 9.17) is 5.11 Å². The number of rotatable bonds is 5. The van der Waals surface area contributed by atoms with Gasteiger partial charge in [0.25, 0.3) is 5.91 Å². The molecule has 6 nitrogen and oxygen atoms in total. The van der Waals surface area contributed by atoms with Gasteiger partial charge in [0.05, 0.1) is 17.2 Å². The normalized spacial score (nSPS) is 12.3. The maximum atomic E-state index is 12.1. The third-order valence-electron chi connectivity index (χ3n) is 2.99. The molecule has 2 aromatic rings. The molecule has 1 heterocycles. The fourth-order valence-corrected chi connectivity index (χ4v) is 1.99. The minimum Gasteiger partial charge on any atom is -0.480 e. The molecule has 0 bridgehead atoms. The number of carbonyl (C=O) groups excluding carboxylic acids is 1. The summed E-state index contributed by atoms with van der Waals surface area (Å²) in [5, 5.41) is 11.6. The molecular formula is C15H17N3O3. The fraction of sp³-hybridized carbons (Fsp3) is 0.333. The van der Waals surface area contributed by atoms with Crippen molar-refractivity contribution in [3.8, 4) is 0 Å². The van der Waals surface area contributed by atoms with Crippen LogP contribution in [0.1, 0.15) is 30.8 Å². The average Bonchev–Trinajstić information content (AvgIpc) is 2.45. The summed E-state index contributed by atoms with van der Waals surface area (Å²) in [6.45, 7) is 3.80. The lowest BCUT2D eigenvalue weighted by Crippen LogP contribution is -2.42. The third kappa shape index (κ3) is 3.75. The summed E-state index contributed by atoms with van der Waals surface area (Å²) in [6, 6.07) is 6.26. The maximum Gasteiger partial charge on any atom is 0.326 e. The summed E-state index contributed by atoms with van der Waals surface area (Å²) < 4.78 is 0. The number of amides is 1. The average molecular weight is 287 g/mol. The summed E-state index contributed by atoms with van der Waals surface area (Å²) in [6.07, 6.45) is 1.72. The third-order valence-corrected chi connectivity index (χ3v) is 2.99. The highest BCUT2D eigenvalue weighted by atomic mass is 16.4. The van der Waals surface area contributed by atoms with Crippen LogP contribution in [0, 0.1) is 5.92 Å². The van der Waals surface area contributed by atoms with E-state index in [9.17, 15) is 9.59 Å². The van der Waals surface area contributed by atoms with Crippen LogP contribution < -0.4 is 5.32 Å². The first-order valence-electron chi connectivity index (χ1n) is 6.73. The number of benzene rings is 1. The van der Waals surface area contributed by atoms with E-state index in [1.165, 1.54) is 6.20 Å². The van der Waals surface area contributed by atoms with E-state index in [1.54, 1.807) is 18.2 Å². The predicted molar refractivity (Wildman–Crippen MR) is 77.9 cm³/mol. The molecule has 21 heavy (non-hydrogen) atoms. The van der Waals surface area contributed by atoms with Gasteiger partial charge in [-0.25, -0.2) is 9.78 Å². The Hall–Kier alpha value is -2.50. The highest BCUT2D eigenvalue weighted by Crippen LogP contribution is 2.10. The number of carboxylic acids is 1. The first-order chi connectivity index (χ1) is 9.97. The molecule has 0 saturated carbocycles. The standard InChI is InChI=1S/C15H17N3O3/c1-9(2)7-12(15(20)21)18-14(19)13-8-16-10-5-3-4-6-11(10)17-13/h3-6,8-9,12H,7H2,1-2H3,(H,18,19)(H,20,21)/t12-/m0/s1. The molecule has 0 spiro atoms. The van der Waals surface area contributed by atoms with Crippen molar-refractivity contribution >= 4 is 22.9 Å². The zero-order chi connectivity index (χ0) is 15.4. The number of carboxylic acid groups (broad SMARTS) is 1. The van der Waals surface area contributed by atoms with Crippen molar-refractivity contribution in [1.29, 1.82) is 0 Å². The number of para-hydroxylation sites is 2. The highest BCUT2D eigenvalue weighted by molar-refractivity contribution is 5.96. The van der Waals surface area contributed by atoms with Crippen molar-refractivity contribution in [3.05, 3.63) is 36.2 Å². The Kier molecular flexibility index (Phi) is 4.47. The molecule has 0 saturated heterocycles. The minimum atomic E-state index is -1.05. The van der Waals surface area contributed by atoms with Crippen molar-refractivity contribution in [3.63, 3.8) is 0 Å². The van der Waals surface area contributed by atoms with E-state index in [0.29, 0.717) is 17.5 Å². The summed E-state index contributed by atoms with van der Waals surface area (Å²) >= 11 is 0. The second-order valence-corrected chi connectivity index (χ2v) is 5.24. The zero-order valence-corrected chi connectivity index (χ0v) is 11.9. The summed E-state index contributed by atoms with van der Waals surface area (Å²) in [7, 11) is 0. The van der Waals surface area contributed by atoms with E-state index in [-0.39, 0.29) is 11.6 Å². The molecule has 1 amide bonds. The van der Waals surface area contributed by atoms with E-state index in [2.05, 4.69) is 15.3 Å². The molecule has 110 valence electrons. The first-order valence-corrected chi connectivity index (χ1v) is 6.73. The molecule has 0 aliphatic carbocycles. The lowest BCUT2D eigenvalue weighted by atomic mass is 10.0. The predicted octanol–water partition coefficient (Wildman–Crippen LogP) is 1.86. The number of hydrogen-bond acceptors (Lipinski definition) is 4. The monoisotopic (exact) mass is 287 g/mol. The Bertz CT molecular complexity index is 670. The molecule has 0 aliphatic rings. The fourth-order valence-electron chi connectivity index (χ4n) is 1.99. The maximum absolute atomic E-state index is 12.1. The van der Waals surface area contributed by atoms with Crippen LogP contribution in [0.2, 0.25) is 0 Å². The van der Waals surface area contributed by atoms with Gasteiger partial charge >= 0.3 is 5.97 Å². The number of fused-ring (bicyclic) bond motifs is 1.